The molecule has 1 aliphatic rings. The van der Waals surface area contributed by atoms with E-state index in [0.717, 1.165) is 52.6 Å². The second-order valence-electron chi connectivity index (χ2n) is 7.02. The minimum absolute atomic E-state index is 0.0543. The zero-order valence-electron chi connectivity index (χ0n) is 16.6. The van der Waals surface area contributed by atoms with Gasteiger partial charge in [0.1, 0.15) is 5.76 Å². The van der Waals surface area contributed by atoms with Gasteiger partial charge in [0.25, 0.3) is 0 Å². The average molecular weight is 434 g/mol. The van der Waals surface area contributed by atoms with Crippen molar-refractivity contribution in [1.29, 1.82) is 0 Å². The van der Waals surface area contributed by atoms with Crippen molar-refractivity contribution in [3.8, 4) is 5.82 Å². The summed E-state index contributed by atoms with van der Waals surface area (Å²) < 4.78 is 13.5. The van der Waals surface area contributed by atoms with E-state index in [1.165, 1.54) is 23.1 Å². The van der Waals surface area contributed by atoms with Crippen LogP contribution in [0.3, 0.4) is 0 Å². The maximum absolute atomic E-state index is 12.8. The standard InChI is InChI=1S/C19H23N5O3S2/c1-11-7-15(13(3)24(11)17-8-12(2)27-23-17)16(25)10-28-19-22-21-18(29-19)20-9-14-5-4-6-26-14/h7-8,14H,4-6,9-10H2,1-3H3,(H,20,21)/t14-/m0/s1. The number of rotatable bonds is 8. The number of hydrogen-bond donors (Lipinski definition) is 1. The van der Waals surface area contributed by atoms with Gasteiger partial charge in [0.15, 0.2) is 15.9 Å². The second kappa shape index (κ2) is 8.68. The number of Topliss-reactive ketones (excluding diaryl/α,β-unsaturated/α-hetero) is 1. The minimum atomic E-state index is 0.0543. The molecule has 1 fully saturated rings. The molecule has 8 nitrogen and oxygen atoms in total. The number of aromatic nitrogens is 4. The normalized spacial score (nSPS) is 16.4. The number of thioether (sulfide) groups is 1. The summed E-state index contributed by atoms with van der Waals surface area (Å²) in [6, 6.07) is 3.76. The zero-order valence-corrected chi connectivity index (χ0v) is 18.2. The Bertz CT molecular complexity index is 1000. The molecule has 4 heterocycles. The Morgan fingerprint density at radius 3 is 2.93 bits per heavy atom. The monoisotopic (exact) mass is 433 g/mol. The first-order valence-corrected chi connectivity index (χ1v) is 11.3. The van der Waals surface area contributed by atoms with Gasteiger partial charge in [0.2, 0.25) is 5.13 Å². The molecule has 0 bridgehead atoms. The van der Waals surface area contributed by atoms with E-state index in [0.29, 0.717) is 17.1 Å². The highest BCUT2D eigenvalue weighted by atomic mass is 32.2. The summed E-state index contributed by atoms with van der Waals surface area (Å²) >= 11 is 2.87. The SMILES string of the molecule is Cc1cc(-n2c(C)cc(C(=O)CSc3nnc(NC[C@@H]4CCCO4)s3)c2C)no1. The Labute approximate surface area is 177 Å². The highest BCUT2D eigenvalue weighted by molar-refractivity contribution is 8.01. The van der Waals surface area contributed by atoms with Crippen molar-refractivity contribution in [3.05, 3.63) is 34.8 Å². The van der Waals surface area contributed by atoms with Crippen LogP contribution in [0.5, 0.6) is 0 Å². The van der Waals surface area contributed by atoms with Crippen molar-refractivity contribution in [2.24, 2.45) is 0 Å². The summed E-state index contributed by atoms with van der Waals surface area (Å²) in [6.45, 7) is 7.30. The van der Waals surface area contributed by atoms with Crippen LogP contribution in [0, 0.1) is 20.8 Å². The third-order valence-corrected chi connectivity index (χ3v) is 6.83. The molecule has 0 aliphatic carbocycles. The van der Waals surface area contributed by atoms with Crippen molar-refractivity contribution in [2.75, 3.05) is 24.2 Å². The Hall–Kier alpha value is -2.17. The van der Waals surface area contributed by atoms with Crippen LogP contribution in [-0.4, -0.2) is 50.7 Å². The van der Waals surface area contributed by atoms with Crippen molar-refractivity contribution in [2.45, 2.75) is 44.1 Å². The Kier molecular flexibility index (Phi) is 6.02. The molecule has 0 amide bonds. The third-order valence-electron chi connectivity index (χ3n) is 4.81. The van der Waals surface area contributed by atoms with Crippen LogP contribution in [0.2, 0.25) is 0 Å². The maximum atomic E-state index is 12.8. The summed E-state index contributed by atoms with van der Waals surface area (Å²) in [4.78, 5) is 12.8. The first kappa shape index (κ1) is 20.1. The van der Waals surface area contributed by atoms with Gasteiger partial charge in [0.05, 0.1) is 11.9 Å². The Balaban J connectivity index is 1.36. The first-order chi connectivity index (χ1) is 14.0. The van der Waals surface area contributed by atoms with Gasteiger partial charge in [-0.25, -0.2) is 0 Å². The van der Waals surface area contributed by atoms with Crippen molar-refractivity contribution < 1.29 is 14.1 Å². The maximum Gasteiger partial charge on any atom is 0.206 e. The van der Waals surface area contributed by atoms with Gasteiger partial charge >= 0.3 is 0 Å². The van der Waals surface area contributed by atoms with Gasteiger partial charge in [-0.3, -0.25) is 9.36 Å². The van der Waals surface area contributed by atoms with Crippen LogP contribution < -0.4 is 5.32 Å². The number of aryl methyl sites for hydroxylation is 2. The molecule has 1 aliphatic heterocycles. The fourth-order valence-electron chi connectivity index (χ4n) is 3.41. The molecule has 4 rings (SSSR count). The van der Waals surface area contributed by atoms with Crippen molar-refractivity contribution >= 4 is 34.0 Å². The molecule has 3 aromatic rings. The predicted molar refractivity (Wildman–Crippen MR) is 112 cm³/mol. The van der Waals surface area contributed by atoms with E-state index in [-0.39, 0.29) is 11.9 Å². The zero-order chi connectivity index (χ0) is 20.4. The fraction of sp³-hybridized carbons (Fsp3) is 0.474. The summed E-state index contributed by atoms with van der Waals surface area (Å²) in [7, 11) is 0. The van der Waals surface area contributed by atoms with Crippen LogP contribution in [0.1, 0.15) is 40.3 Å². The van der Waals surface area contributed by atoms with Gasteiger partial charge in [-0.2, -0.15) is 0 Å². The molecular formula is C19H23N5O3S2. The topological polar surface area (TPSA) is 95.1 Å². The van der Waals surface area contributed by atoms with Gasteiger partial charge < -0.3 is 14.6 Å². The highest BCUT2D eigenvalue weighted by Gasteiger charge is 2.20. The van der Waals surface area contributed by atoms with Gasteiger partial charge in [-0.1, -0.05) is 28.3 Å². The molecule has 0 spiro atoms. The van der Waals surface area contributed by atoms with Crippen LogP contribution >= 0.6 is 23.1 Å². The number of ether oxygens (including phenoxy) is 1. The summed E-state index contributed by atoms with van der Waals surface area (Å²) in [5.74, 6) is 1.78. The van der Waals surface area contributed by atoms with Crippen LogP contribution in [0.15, 0.2) is 21.0 Å². The largest absolute Gasteiger partial charge is 0.376 e. The molecule has 3 aromatic heterocycles. The Morgan fingerprint density at radius 1 is 1.34 bits per heavy atom. The molecule has 0 radical (unpaired) electrons. The lowest BCUT2D eigenvalue weighted by Gasteiger charge is -2.08. The molecule has 0 unspecified atom stereocenters. The molecule has 0 aromatic carbocycles. The van der Waals surface area contributed by atoms with E-state index in [1.54, 1.807) is 0 Å². The van der Waals surface area contributed by atoms with E-state index in [9.17, 15) is 4.79 Å². The van der Waals surface area contributed by atoms with Crippen molar-refractivity contribution in [3.63, 3.8) is 0 Å². The number of hydrogen-bond acceptors (Lipinski definition) is 9. The molecule has 29 heavy (non-hydrogen) atoms. The summed E-state index contributed by atoms with van der Waals surface area (Å²) in [5, 5.41) is 16.4. The molecule has 0 saturated carbocycles. The number of carbonyl (C=O) groups is 1. The average Bonchev–Trinajstić information content (AvgIpc) is 3.47. The smallest absolute Gasteiger partial charge is 0.206 e. The van der Waals surface area contributed by atoms with Crippen LogP contribution in [0.4, 0.5) is 5.13 Å². The molecule has 1 atom stereocenters. The Morgan fingerprint density at radius 2 is 2.21 bits per heavy atom. The van der Waals surface area contributed by atoms with Crippen molar-refractivity contribution in [1.82, 2.24) is 19.9 Å². The van der Waals surface area contributed by atoms with E-state index in [1.807, 2.05) is 37.5 Å². The number of ketones is 1. The number of nitrogens with zero attached hydrogens (tertiary/aromatic N) is 4. The molecule has 1 N–H and O–H groups in total. The number of nitrogens with one attached hydrogen (secondary N) is 1. The van der Waals surface area contributed by atoms with Gasteiger partial charge in [0, 0.05) is 36.2 Å². The predicted octanol–water partition coefficient (Wildman–Crippen LogP) is 3.81. The molecular weight excluding hydrogens is 410 g/mol. The van der Waals surface area contributed by atoms with E-state index < -0.39 is 0 Å². The first-order valence-electron chi connectivity index (χ1n) is 9.49. The third kappa shape index (κ3) is 4.54. The lowest BCUT2D eigenvalue weighted by Crippen LogP contribution is -2.18. The number of carbonyl (C=O) groups excluding carboxylic acids is 1. The van der Waals surface area contributed by atoms with Gasteiger partial charge in [-0.05, 0) is 39.7 Å². The van der Waals surface area contributed by atoms with E-state index >= 15 is 0 Å². The van der Waals surface area contributed by atoms with E-state index in [4.69, 9.17) is 9.26 Å². The molecule has 1 saturated heterocycles. The second-order valence-corrected chi connectivity index (χ2v) is 9.22. The van der Waals surface area contributed by atoms with Crippen LogP contribution in [-0.2, 0) is 4.74 Å². The molecule has 154 valence electrons. The lowest BCUT2D eigenvalue weighted by atomic mass is 10.2. The van der Waals surface area contributed by atoms with E-state index in [2.05, 4.69) is 20.7 Å². The van der Waals surface area contributed by atoms with Gasteiger partial charge in [-0.15, -0.1) is 10.2 Å². The van der Waals surface area contributed by atoms with Crippen LogP contribution in [0.25, 0.3) is 5.82 Å². The molecule has 10 heteroatoms. The summed E-state index contributed by atoms with van der Waals surface area (Å²) in [5.41, 5.74) is 2.50. The number of anilines is 1. The fourth-order valence-corrected chi connectivity index (χ4v) is 5.05. The highest BCUT2D eigenvalue weighted by Crippen LogP contribution is 2.28. The lowest BCUT2D eigenvalue weighted by molar-refractivity contribution is 0.102. The summed E-state index contributed by atoms with van der Waals surface area (Å²) in [6.07, 6.45) is 2.44. The minimum Gasteiger partial charge on any atom is -0.376 e. The quantitative estimate of drug-likeness (QED) is 0.423.